The minimum Gasteiger partial charge on any atom is -0.394 e. The lowest BCUT2D eigenvalue weighted by molar-refractivity contribution is -0.123. The smallest absolute Gasteiger partial charge is 0.220 e. The lowest BCUT2D eigenvalue weighted by atomic mass is 10.1. The zero-order valence-electron chi connectivity index (χ0n) is 40.3. The maximum atomic E-state index is 12.4. The molecule has 0 aliphatic rings. The molecule has 0 saturated heterocycles. The van der Waals surface area contributed by atoms with Gasteiger partial charge in [-0.2, -0.15) is 0 Å². The minimum atomic E-state index is -0.867. The first kappa shape index (κ1) is 59.0. The van der Waals surface area contributed by atoms with Gasteiger partial charge in [-0.3, -0.25) is 4.79 Å². The third kappa shape index (κ3) is 48.9. The van der Waals surface area contributed by atoms with Gasteiger partial charge in [0.05, 0.1) is 18.8 Å². The van der Waals surface area contributed by atoms with E-state index in [0.717, 1.165) is 109 Å². The Bertz CT molecular complexity index is 1400. The third-order valence-corrected chi connectivity index (χ3v) is 10.3. The van der Waals surface area contributed by atoms with Crippen LogP contribution in [0.2, 0.25) is 0 Å². The van der Waals surface area contributed by atoms with Crippen LogP contribution in [-0.4, -0.2) is 34.9 Å². The van der Waals surface area contributed by atoms with Crippen LogP contribution < -0.4 is 5.32 Å². The second-order valence-electron chi connectivity index (χ2n) is 16.1. The van der Waals surface area contributed by atoms with Crippen molar-refractivity contribution < 1.29 is 15.0 Å². The molecule has 2 unspecified atom stereocenters. The Morgan fingerprint density at radius 1 is 0.397 bits per heavy atom. The number of aliphatic hydroxyl groups excluding tert-OH is 2. The fourth-order valence-electron chi connectivity index (χ4n) is 6.45. The van der Waals surface area contributed by atoms with Crippen LogP contribution in [0.25, 0.3) is 0 Å². The van der Waals surface area contributed by atoms with Crippen molar-refractivity contribution in [2.24, 2.45) is 0 Å². The highest BCUT2D eigenvalue weighted by Crippen LogP contribution is 2.12. The Kier molecular flexibility index (Phi) is 49.0. The van der Waals surface area contributed by atoms with Crippen LogP contribution in [0.1, 0.15) is 187 Å². The fraction of sp³-hybridized carbons (Fsp3) is 0.542. The van der Waals surface area contributed by atoms with E-state index in [9.17, 15) is 15.0 Å². The highest BCUT2D eigenvalue weighted by molar-refractivity contribution is 5.76. The topological polar surface area (TPSA) is 69.6 Å². The van der Waals surface area contributed by atoms with Gasteiger partial charge in [-0.05, 0) is 109 Å². The predicted octanol–water partition coefficient (Wildman–Crippen LogP) is 16.6. The predicted molar refractivity (Wildman–Crippen MR) is 280 cm³/mol. The van der Waals surface area contributed by atoms with Crippen LogP contribution in [0.15, 0.2) is 158 Å². The summed E-state index contributed by atoms with van der Waals surface area (Å²) in [6.45, 7) is 4.15. The first-order chi connectivity index (χ1) is 31.2. The molecular formula is C59H93NO3. The number of carbonyl (C=O) groups excluding carboxylic acids is 1. The maximum absolute atomic E-state index is 12.4. The Morgan fingerprint density at radius 3 is 1.05 bits per heavy atom. The maximum Gasteiger partial charge on any atom is 0.220 e. The first-order valence-corrected chi connectivity index (χ1v) is 25.2. The molecule has 0 aliphatic carbocycles. The number of carbonyl (C=O) groups is 1. The third-order valence-electron chi connectivity index (χ3n) is 10.3. The van der Waals surface area contributed by atoms with Crippen molar-refractivity contribution in [3.05, 3.63) is 158 Å². The van der Waals surface area contributed by atoms with Gasteiger partial charge in [0, 0.05) is 6.42 Å². The van der Waals surface area contributed by atoms with Gasteiger partial charge in [-0.25, -0.2) is 0 Å². The molecule has 2 atom stereocenters. The number of rotatable bonds is 43. The van der Waals surface area contributed by atoms with E-state index in [-0.39, 0.29) is 12.5 Å². The average Bonchev–Trinajstić information content (AvgIpc) is 3.29. The largest absolute Gasteiger partial charge is 0.394 e. The lowest BCUT2D eigenvalue weighted by Crippen LogP contribution is -2.45. The van der Waals surface area contributed by atoms with Gasteiger partial charge in [0.25, 0.3) is 0 Å². The summed E-state index contributed by atoms with van der Waals surface area (Å²) in [5, 5.41) is 22.9. The second-order valence-corrected chi connectivity index (χ2v) is 16.1. The highest BCUT2D eigenvalue weighted by atomic mass is 16.3. The standard InChI is InChI=1S/C59H93NO3/c1-3-5-7-9-11-13-15-17-18-19-20-21-22-23-24-25-26-27-28-29-30-31-32-33-34-35-36-37-38-39-40-41-42-43-45-47-49-51-53-55-59(63)60-57(56-61)58(62)54-52-50-48-46-44-16-14-12-10-8-6-4-2/h5,7,11,13,17-18,20-21,23-24,26-27,29-30,32-33,35-36,38-39,41-42,45,47,52,54,57-58,61-62H,3-4,6,8-10,12,14-16,19,22,25,28,31,34,37,40,43-44,46,48-51,53,55-56H2,1-2H3,(H,60,63)/b7-5-,13-11-,18-17-,21-20-,24-23-,27-26-,30-29-,33-32-,36-35-,39-38-,42-41-,47-45-,54-52+. The van der Waals surface area contributed by atoms with Crippen LogP contribution in [0.3, 0.4) is 0 Å². The molecular weight excluding hydrogens is 771 g/mol. The molecule has 3 N–H and O–H groups in total. The molecule has 4 heteroatoms. The van der Waals surface area contributed by atoms with Crippen LogP contribution >= 0.6 is 0 Å². The van der Waals surface area contributed by atoms with E-state index in [0.29, 0.717) is 6.42 Å². The molecule has 0 fully saturated rings. The normalized spacial score (nSPS) is 14.3. The van der Waals surface area contributed by atoms with Crippen LogP contribution in [0, 0.1) is 0 Å². The molecule has 0 saturated carbocycles. The zero-order valence-corrected chi connectivity index (χ0v) is 40.3. The van der Waals surface area contributed by atoms with Crippen LogP contribution in [0.4, 0.5) is 0 Å². The van der Waals surface area contributed by atoms with Crippen LogP contribution in [-0.2, 0) is 4.79 Å². The van der Waals surface area contributed by atoms with Gasteiger partial charge in [-0.1, -0.05) is 230 Å². The van der Waals surface area contributed by atoms with E-state index >= 15 is 0 Å². The molecule has 0 aromatic heterocycles. The molecule has 0 spiro atoms. The molecule has 63 heavy (non-hydrogen) atoms. The van der Waals surface area contributed by atoms with E-state index in [4.69, 9.17) is 0 Å². The monoisotopic (exact) mass is 864 g/mol. The van der Waals surface area contributed by atoms with Crippen molar-refractivity contribution in [1.82, 2.24) is 5.32 Å². The van der Waals surface area contributed by atoms with E-state index in [1.165, 1.54) is 57.8 Å². The van der Waals surface area contributed by atoms with Gasteiger partial charge in [0.1, 0.15) is 0 Å². The van der Waals surface area contributed by atoms with Crippen LogP contribution in [0.5, 0.6) is 0 Å². The number of aliphatic hydroxyl groups is 2. The number of unbranched alkanes of at least 4 members (excludes halogenated alkanes) is 12. The molecule has 0 bridgehead atoms. The molecule has 0 radical (unpaired) electrons. The number of hydrogen-bond donors (Lipinski definition) is 3. The summed E-state index contributed by atoms with van der Waals surface area (Å²) < 4.78 is 0. The second kappa shape index (κ2) is 52.4. The number of nitrogens with one attached hydrogen (secondary N) is 1. The SMILES string of the molecule is CC/C=C\C/C=C\C/C=C\C/C=C\C/C=C\C/C=C\C/C=C\C/C=C\C/C=C\C/C=C\C/C=C\C/C=C\CCCCC(=O)NC(CO)C(O)/C=C/CCCCCCCCCCCC. The van der Waals surface area contributed by atoms with E-state index in [1.54, 1.807) is 6.08 Å². The van der Waals surface area contributed by atoms with Gasteiger partial charge >= 0.3 is 0 Å². The van der Waals surface area contributed by atoms with E-state index in [1.807, 2.05) is 6.08 Å². The Balaban J connectivity index is 3.76. The number of amides is 1. The molecule has 0 rings (SSSR count). The summed E-state index contributed by atoms with van der Waals surface area (Å²) in [4.78, 5) is 12.4. The Morgan fingerprint density at radius 2 is 0.698 bits per heavy atom. The summed E-state index contributed by atoms with van der Waals surface area (Å²) in [5.41, 5.74) is 0. The molecule has 0 aliphatic heterocycles. The summed E-state index contributed by atoms with van der Waals surface area (Å²) in [6, 6.07) is -0.656. The average molecular weight is 864 g/mol. The Hall–Kier alpha value is -3.99. The highest BCUT2D eigenvalue weighted by Gasteiger charge is 2.17. The van der Waals surface area contributed by atoms with E-state index < -0.39 is 12.1 Å². The van der Waals surface area contributed by atoms with Crippen molar-refractivity contribution in [2.45, 2.75) is 199 Å². The Labute approximate surface area is 388 Å². The molecule has 1 amide bonds. The van der Waals surface area contributed by atoms with Gasteiger partial charge in [0.2, 0.25) is 5.91 Å². The first-order valence-electron chi connectivity index (χ1n) is 25.2. The molecule has 352 valence electrons. The summed E-state index contributed by atoms with van der Waals surface area (Å²) in [6.07, 6.45) is 85.1. The van der Waals surface area contributed by atoms with Crippen molar-refractivity contribution >= 4 is 5.91 Å². The van der Waals surface area contributed by atoms with Crippen molar-refractivity contribution in [2.75, 3.05) is 6.61 Å². The van der Waals surface area contributed by atoms with Gasteiger partial charge < -0.3 is 15.5 Å². The van der Waals surface area contributed by atoms with Crippen molar-refractivity contribution in [3.8, 4) is 0 Å². The molecule has 4 nitrogen and oxygen atoms in total. The van der Waals surface area contributed by atoms with Gasteiger partial charge in [-0.15, -0.1) is 0 Å². The summed E-state index contributed by atoms with van der Waals surface area (Å²) in [5.74, 6) is -0.115. The summed E-state index contributed by atoms with van der Waals surface area (Å²) in [7, 11) is 0. The zero-order chi connectivity index (χ0) is 45.6. The van der Waals surface area contributed by atoms with E-state index in [2.05, 4.69) is 165 Å². The molecule has 0 aromatic carbocycles. The number of allylic oxidation sites excluding steroid dienone is 25. The van der Waals surface area contributed by atoms with Gasteiger partial charge in [0.15, 0.2) is 0 Å². The quantitative estimate of drug-likeness (QED) is 0.0422. The number of hydrogen-bond acceptors (Lipinski definition) is 3. The summed E-state index contributed by atoms with van der Waals surface area (Å²) >= 11 is 0. The molecule has 0 heterocycles. The van der Waals surface area contributed by atoms with Crippen molar-refractivity contribution in [3.63, 3.8) is 0 Å². The molecule has 0 aromatic rings. The lowest BCUT2D eigenvalue weighted by Gasteiger charge is -2.19. The fourth-order valence-corrected chi connectivity index (χ4v) is 6.45. The van der Waals surface area contributed by atoms with Crippen molar-refractivity contribution in [1.29, 1.82) is 0 Å². The minimum absolute atomic E-state index is 0.115.